The molecule has 1 aromatic rings. The summed E-state index contributed by atoms with van der Waals surface area (Å²) in [6.45, 7) is 1.84. The topological polar surface area (TPSA) is 35.5 Å². The lowest BCUT2D eigenvalue weighted by atomic mass is 10.1. The van der Waals surface area contributed by atoms with Crippen LogP contribution >= 0.6 is 15.9 Å². The van der Waals surface area contributed by atoms with Gasteiger partial charge in [-0.3, -0.25) is 4.79 Å². The number of esters is 1. The van der Waals surface area contributed by atoms with E-state index in [9.17, 15) is 4.79 Å². The van der Waals surface area contributed by atoms with E-state index in [1.165, 1.54) is 0 Å². The predicted octanol–water partition coefficient (Wildman–Crippen LogP) is 2.69. The second-order valence-electron chi connectivity index (χ2n) is 3.04. The number of halogens is 1. The summed E-state index contributed by atoms with van der Waals surface area (Å²) in [5.74, 6) is 0.524. The molecule has 0 radical (unpaired) electrons. The van der Waals surface area contributed by atoms with Crippen molar-refractivity contribution >= 4 is 21.9 Å². The molecule has 0 saturated carbocycles. The fraction of sp³-hybridized carbons (Fsp3) is 0.364. The van der Waals surface area contributed by atoms with E-state index in [1.807, 2.05) is 31.2 Å². The minimum atomic E-state index is -0.265. The zero-order valence-electron chi connectivity index (χ0n) is 8.70. The Bertz CT molecular complexity index is 321. The molecular weight excluding hydrogens is 260 g/mol. The van der Waals surface area contributed by atoms with Crippen LogP contribution in [0.3, 0.4) is 0 Å². The molecule has 1 unspecified atom stereocenters. The first-order valence-electron chi connectivity index (χ1n) is 4.56. The number of carbonyl (C=O) groups is 1. The minimum Gasteiger partial charge on any atom is -0.497 e. The first-order valence-corrected chi connectivity index (χ1v) is 5.69. The number of benzene rings is 1. The van der Waals surface area contributed by atoms with Crippen molar-refractivity contribution in [3.05, 3.63) is 29.8 Å². The summed E-state index contributed by atoms with van der Waals surface area (Å²) in [4.78, 5) is 11.0. The smallest absolute Gasteiger partial charge is 0.317 e. The maximum absolute atomic E-state index is 11.0. The van der Waals surface area contributed by atoms with Gasteiger partial charge in [0.1, 0.15) is 17.2 Å². The molecule has 1 rings (SSSR count). The van der Waals surface area contributed by atoms with Crippen LogP contribution in [0.2, 0.25) is 0 Å². The summed E-state index contributed by atoms with van der Waals surface area (Å²) in [5.41, 5.74) is 0.949. The lowest BCUT2D eigenvalue weighted by molar-refractivity contribution is -0.145. The molecule has 4 heteroatoms. The van der Waals surface area contributed by atoms with E-state index in [2.05, 4.69) is 15.9 Å². The Morgan fingerprint density at radius 3 is 2.47 bits per heavy atom. The second-order valence-corrected chi connectivity index (χ2v) is 3.60. The molecule has 1 aromatic carbocycles. The fourth-order valence-electron chi connectivity index (χ4n) is 1.17. The van der Waals surface area contributed by atoms with Crippen molar-refractivity contribution in [1.82, 2.24) is 0 Å². The molecule has 0 fully saturated rings. The molecule has 0 heterocycles. The van der Waals surface area contributed by atoms with Crippen LogP contribution in [0.1, 0.15) is 18.6 Å². The summed E-state index contributed by atoms with van der Waals surface area (Å²) in [6.07, 6.45) is -0.235. The van der Waals surface area contributed by atoms with Gasteiger partial charge in [0.25, 0.3) is 0 Å². The Morgan fingerprint density at radius 2 is 2.00 bits per heavy atom. The number of hydrogen-bond acceptors (Lipinski definition) is 3. The van der Waals surface area contributed by atoms with E-state index >= 15 is 0 Å². The zero-order valence-corrected chi connectivity index (χ0v) is 10.3. The Balaban J connectivity index is 2.65. The van der Waals surface area contributed by atoms with Crippen LogP contribution in [0.25, 0.3) is 0 Å². The lowest BCUT2D eigenvalue weighted by Gasteiger charge is -2.12. The number of alkyl halides is 1. The highest BCUT2D eigenvalue weighted by molar-refractivity contribution is 9.09. The van der Waals surface area contributed by atoms with E-state index in [4.69, 9.17) is 9.47 Å². The highest BCUT2D eigenvalue weighted by atomic mass is 79.9. The summed E-state index contributed by atoms with van der Waals surface area (Å²) in [6, 6.07) is 7.44. The standard InChI is InChI=1S/C11H13BrO3/c1-8(15-11(13)7-12)9-3-5-10(14-2)6-4-9/h3-6,8H,7H2,1-2H3. The van der Waals surface area contributed by atoms with Crippen LogP contribution in [0.15, 0.2) is 24.3 Å². The summed E-state index contributed by atoms with van der Waals surface area (Å²) in [5, 5.41) is 0.216. The molecule has 15 heavy (non-hydrogen) atoms. The van der Waals surface area contributed by atoms with Crippen molar-refractivity contribution in [1.29, 1.82) is 0 Å². The van der Waals surface area contributed by atoms with Gasteiger partial charge in [-0.2, -0.15) is 0 Å². The molecule has 1 atom stereocenters. The van der Waals surface area contributed by atoms with E-state index in [1.54, 1.807) is 7.11 Å². The Kier molecular flexibility index (Phi) is 4.62. The number of ether oxygens (including phenoxy) is 2. The normalized spacial score (nSPS) is 11.9. The molecule has 0 N–H and O–H groups in total. The molecule has 0 aliphatic carbocycles. The van der Waals surface area contributed by atoms with Gasteiger partial charge in [0.2, 0.25) is 0 Å². The monoisotopic (exact) mass is 272 g/mol. The molecule has 0 amide bonds. The average Bonchev–Trinajstić information content (AvgIpc) is 2.29. The number of hydrogen-bond donors (Lipinski definition) is 0. The predicted molar refractivity (Wildman–Crippen MR) is 61.3 cm³/mol. The Labute approximate surface area is 97.5 Å². The SMILES string of the molecule is COc1ccc(C(C)OC(=O)CBr)cc1. The van der Waals surface area contributed by atoms with Crippen LogP contribution in [0, 0.1) is 0 Å². The minimum absolute atomic E-state index is 0.216. The maximum Gasteiger partial charge on any atom is 0.317 e. The quantitative estimate of drug-likeness (QED) is 0.625. The van der Waals surface area contributed by atoms with Gasteiger partial charge in [-0.1, -0.05) is 28.1 Å². The molecule has 0 spiro atoms. The van der Waals surface area contributed by atoms with Gasteiger partial charge in [0.05, 0.1) is 7.11 Å². The van der Waals surface area contributed by atoms with Crippen LogP contribution in [-0.2, 0) is 9.53 Å². The van der Waals surface area contributed by atoms with E-state index in [0.29, 0.717) is 0 Å². The molecule has 0 aliphatic heterocycles. The molecule has 0 aromatic heterocycles. The van der Waals surface area contributed by atoms with Gasteiger partial charge in [-0.25, -0.2) is 0 Å². The third kappa shape index (κ3) is 3.55. The highest BCUT2D eigenvalue weighted by Gasteiger charge is 2.10. The van der Waals surface area contributed by atoms with Crippen LogP contribution in [0.5, 0.6) is 5.75 Å². The molecule has 0 aliphatic rings. The maximum atomic E-state index is 11.0. The fourth-order valence-corrected chi connectivity index (χ4v) is 1.30. The van der Waals surface area contributed by atoms with Crippen LogP contribution in [0.4, 0.5) is 0 Å². The number of rotatable bonds is 4. The van der Waals surface area contributed by atoms with Gasteiger partial charge in [0.15, 0.2) is 0 Å². The first kappa shape index (κ1) is 12.0. The summed E-state index contributed by atoms with van der Waals surface area (Å²) < 4.78 is 10.2. The lowest BCUT2D eigenvalue weighted by Crippen LogP contribution is -2.09. The number of methoxy groups -OCH3 is 1. The molecule has 0 saturated heterocycles. The zero-order chi connectivity index (χ0) is 11.3. The first-order chi connectivity index (χ1) is 7.17. The molecular formula is C11H13BrO3. The van der Waals surface area contributed by atoms with E-state index in [0.717, 1.165) is 11.3 Å². The van der Waals surface area contributed by atoms with Crippen molar-refractivity contribution in [2.75, 3.05) is 12.4 Å². The third-order valence-corrected chi connectivity index (χ3v) is 2.46. The Morgan fingerprint density at radius 1 is 1.40 bits per heavy atom. The number of carbonyl (C=O) groups excluding carboxylic acids is 1. The van der Waals surface area contributed by atoms with Crippen molar-refractivity contribution in [3.8, 4) is 5.75 Å². The van der Waals surface area contributed by atoms with Gasteiger partial charge in [-0.15, -0.1) is 0 Å². The van der Waals surface area contributed by atoms with E-state index < -0.39 is 0 Å². The van der Waals surface area contributed by atoms with Crippen molar-refractivity contribution < 1.29 is 14.3 Å². The molecule has 0 bridgehead atoms. The van der Waals surface area contributed by atoms with Crippen molar-refractivity contribution in [2.24, 2.45) is 0 Å². The van der Waals surface area contributed by atoms with Gasteiger partial charge < -0.3 is 9.47 Å². The summed E-state index contributed by atoms with van der Waals surface area (Å²) in [7, 11) is 1.61. The highest BCUT2D eigenvalue weighted by Crippen LogP contribution is 2.20. The van der Waals surface area contributed by atoms with E-state index in [-0.39, 0.29) is 17.4 Å². The third-order valence-electron chi connectivity index (χ3n) is 2.00. The van der Waals surface area contributed by atoms with Gasteiger partial charge in [-0.05, 0) is 24.6 Å². The van der Waals surface area contributed by atoms with Gasteiger partial charge >= 0.3 is 5.97 Å². The second kappa shape index (κ2) is 5.75. The van der Waals surface area contributed by atoms with Crippen molar-refractivity contribution in [3.63, 3.8) is 0 Å². The van der Waals surface area contributed by atoms with Gasteiger partial charge in [0, 0.05) is 0 Å². The molecule has 82 valence electrons. The van der Waals surface area contributed by atoms with Crippen molar-refractivity contribution in [2.45, 2.75) is 13.0 Å². The Hall–Kier alpha value is -1.03. The van der Waals surface area contributed by atoms with Crippen LogP contribution in [-0.4, -0.2) is 18.4 Å². The summed E-state index contributed by atoms with van der Waals surface area (Å²) >= 11 is 3.04. The average molecular weight is 273 g/mol. The van der Waals surface area contributed by atoms with Crippen LogP contribution < -0.4 is 4.74 Å². The molecule has 3 nitrogen and oxygen atoms in total. The largest absolute Gasteiger partial charge is 0.497 e.